The maximum Gasteiger partial charge on any atom is 0.0991 e. The van der Waals surface area contributed by atoms with Crippen molar-refractivity contribution < 1.29 is 0 Å². The smallest absolute Gasteiger partial charge is 0.0991 e. The van der Waals surface area contributed by atoms with Crippen molar-refractivity contribution in [2.45, 2.75) is 27.2 Å². The van der Waals surface area contributed by atoms with Crippen molar-refractivity contribution in [1.82, 2.24) is 0 Å². The van der Waals surface area contributed by atoms with Gasteiger partial charge in [-0.3, -0.25) is 0 Å². The molecule has 0 aliphatic heterocycles. The van der Waals surface area contributed by atoms with Gasteiger partial charge >= 0.3 is 0 Å². The second-order valence-electron chi connectivity index (χ2n) is 3.77. The maximum absolute atomic E-state index is 8.74. The predicted molar refractivity (Wildman–Crippen MR) is 58.9 cm³/mol. The van der Waals surface area contributed by atoms with Crippen molar-refractivity contribution in [1.29, 1.82) is 5.26 Å². The molecule has 0 N–H and O–H groups in total. The van der Waals surface area contributed by atoms with Crippen molar-refractivity contribution in [3.63, 3.8) is 0 Å². The molecule has 0 unspecified atom stereocenters. The van der Waals surface area contributed by atoms with E-state index in [0.29, 0.717) is 0 Å². The van der Waals surface area contributed by atoms with Crippen molar-refractivity contribution in [3.05, 3.63) is 46.5 Å². The van der Waals surface area contributed by atoms with Crippen LogP contribution in [0.4, 0.5) is 0 Å². The van der Waals surface area contributed by atoms with Crippen LogP contribution in [-0.4, -0.2) is 0 Å². The van der Waals surface area contributed by atoms with Crippen LogP contribution in [0.5, 0.6) is 0 Å². The van der Waals surface area contributed by atoms with Crippen LogP contribution in [0.3, 0.4) is 0 Å². The van der Waals surface area contributed by atoms with Gasteiger partial charge in [0.05, 0.1) is 11.6 Å². The van der Waals surface area contributed by atoms with Gasteiger partial charge in [-0.2, -0.15) is 5.26 Å². The third-order valence-corrected chi connectivity index (χ3v) is 2.38. The summed E-state index contributed by atoms with van der Waals surface area (Å²) >= 11 is 0. The molecule has 0 heterocycles. The molecule has 1 nitrogen and oxygen atoms in total. The standard InChI is InChI=1S/C13H15N/c1-10(2)11(3)7-12-5-4-6-13(8-12)9-14/h4-6,8H,7H2,1-3H3. The topological polar surface area (TPSA) is 23.8 Å². The number of nitrogens with zero attached hydrogens (tertiary/aromatic N) is 1. The zero-order valence-electron chi connectivity index (χ0n) is 8.96. The average Bonchev–Trinajstić information content (AvgIpc) is 2.18. The van der Waals surface area contributed by atoms with Gasteiger partial charge in [-0.25, -0.2) is 0 Å². The van der Waals surface area contributed by atoms with E-state index in [1.807, 2.05) is 18.2 Å². The summed E-state index contributed by atoms with van der Waals surface area (Å²) in [6, 6.07) is 9.94. The summed E-state index contributed by atoms with van der Waals surface area (Å²) in [6.45, 7) is 6.36. The molecule has 1 aromatic rings. The lowest BCUT2D eigenvalue weighted by atomic mass is 10.0. The summed E-state index contributed by atoms with van der Waals surface area (Å²) in [6.07, 6.45) is 0.942. The molecule has 0 aromatic heterocycles. The van der Waals surface area contributed by atoms with E-state index in [9.17, 15) is 0 Å². The number of hydrogen-bond acceptors (Lipinski definition) is 1. The molecule has 72 valence electrons. The van der Waals surface area contributed by atoms with Gasteiger partial charge in [0.15, 0.2) is 0 Å². The molecule has 1 heteroatoms. The Balaban J connectivity index is 2.89. The van der Waals surface area contributed by atoms with Gasteiger partial charge in [0, 0.05) is 0 Å². The Hall–Kier alpha value is -1.55. The Morgan fingerprint density at radius 2 is 2.00 bits per heavy atom. The highest BCUT2D eigenvalue weighted by Gasteiger charge is 1.97. The molecular weight excluding hydrogens is 170 g/mol. The van der Waals surface area contributed by atoms with E-state index in [2.05, 4.69) is 32.9 Å². The number of benzene rings is 1. The van der Waals surface area contributed by atoms with E-state index < -0.39 is 0 Å². The first-order valence-electron chi connectivity index (χ1n) is 4.75. The summed E-state index contributed by atoms with van der Waals surface area (Å²) in [7, 11) is 0. The second-order valence-corrected chi connectivity index (χ2v) is 3.77. The normalized spacial score (nSPS) is 9.29. The zero-order valence-corrected chi connectivity index (χ0v) is 8.96. The Morgan fingerprint density at radius 3 is 2.57 bits per heavy atom. The van der Waals surface area contributed by atoms with E-state index in [4.69, 9.17) is 5.26 Å². The lowest BCUT2D eigenvalue weighted by molar-refractivity contribution is 1.09. The molecule has 1 aromatic carbocycles. The van der Waals surface area contributed by atoms with Gasteiger partial charge in [-0.1, -0.05) is 23.3 Å². The van der Waals surface area contributed by atoms with E-state index in [1.54, 1.807) is 0 Å². The van der Waals surface area contributed by atoms with Crippen LogP contribution in [0.25, 0.3) is 0 Å². The molecule has 0 saturated heterocycles. The first-order valence-corrected chi connectivity index (χ1v) is 4.75. The maximum atomic E-state index is 8.74. The highest BCUT2D eigenvalue weighted by molar-refractivity contribution is 5.34. The minimum atomic E-state index is 0.740. The molecule has 1 rings (SSSR count). The summed E-state index contributed by atoms with van der Waals surface area (Å²) in [4.78, 5) is 0. The Labute approximate surface area is 85.7 Å². The van der Waals surface area contributed by atoms with Crippen LogP contribution < -0.4 is 0 Å². The molecule has 0 atom stereocenters. The van der Waals surface area contributed by atoms with Gasteiger partial charge in [-0.05, 0) is 44.9 Å². The van der Waals surface area contributed by atoms with Crippen LogP contribution in [0.2, 0.25) is 0 Å². The molecule has 0 saturated carbocycles. The SMILES string of the molecule is CC(C)=C(C)Cc1cccc(C#N)c1. The summed E-state index contributed by atoms with van der Waals surface area (Å²) < 4.78 is 0. The fraction of sp³-hybridized carbons (Fsp3) is 0.308. The monoisotopic (exact) mass is 185 g/mol. The quantitative estimate of drug-likeness (QED) is 0.647. The minimum Gasteiger partial charge on any atom is -0.192 e. The molecule has 0 aliphatic carbocycles. The van der Waals surface area contributed by atoms with Gasteiger partial charge in [0.2, 0.25) is 0 Å². The van der Waals surface area contributed by atoms with Gasteiger partial charge in [0.25, 0.3) is 0 Å². The number of hydrogen-bond donors (Lipinski definition) is 0. The highest BCUT2D eigenvalue weighted by atomic mass is 14.2. The van der Waals surface area contributed by atoms with Crippen molar-refractivity contribution in [3.8, 4) is 6.07 Å². The number of nitriles is 1. The Bertz CT molecular complexity index is 390. The van der Waals surface area contributed by atoms with Crippen LogP contribution in [0, 0.1) is 11.3 Å². The van der Waals surface area contributed by atoms with Crippen LogP contribution in [-0.2, 0) is 6.42 Å². The molecule has 0 spiro atoms. The predicted octanol–water partition coefficient (Wildman–Crippen LogP) is 3.46. The summed E-state index contributed by atoms with van der Waals surface area (Å²) in [5.41, 5.74) is 4.68. The summed E-state index contributed by atoms with van der Waals surface area (Å²) in [5, 5.41) is 8.74. The third kappa shape index (κ3) is 2.74. The molecule has 0 radical (unpaired) electrons. The van der Waals surface area contributed by atoms with Crippen molar-refractivity contribution >= 4 is 0 Å². The molecule has 0 aliphatic rings. The van der Waals surface area contributed by atoms with Gasteiger partial charge < -0.3 is 0 Å². The lowest BCUT2D eigenvalue weighted by Crippen LogP contribution is -1.89. The summed E-state index contributed by atoms with van der Waals surface area (Å²) in [5.74, 6) is 0. The first kappa shape index (κ1) is 10.5. The van der Waals surface area contributed by atoms with E-state index in [-0.39, 0.29) is 0 Å². The molecular formula is C13H15N. The molecule has 0 amide bonds. The van der Waals surface area contributed by atoms with Crippen LogP contribution in [0.1, 0.15) is 31.9 Å². The van der Waals surface area contributed by atoms with Crippen LogP contribution in [0.15, 0.2) is 35.4 Å². The first-order chi connectivity index (χ1) is 6.63. The molecule has 0 bridgehead atoms. The zero-order chi connectivity index (χ0) is 10.6. The largest absolute Gasteiger partial charge is 0.192 e. The minimum absolute atomic E-state index is 0.740. The van der Waals surface area contributed by atoms with Gasteiger partial charge in [0.1, 0.15) is 0 Å². The van der Waals surface area contributed by atoms with E-state index >= 15 is 0 Å². The fourth-order valence-corrected chi connectivity index (χ4v) is 1.23. The van der Waals surface area contributed by atoms with E-state index in [1.165, 1.54) is 16.7 Å². The highest BCUT2D eigenvalue weighted by Crippen LogP contribution is 2.12. The van der Waals surface area contributed by atoms with E-state index in [0.717, 1.165) is 12.0 Å². The molecule has 0 fully saturated rings. The van der Waals surface area contributed by atoms with Crippen molar-refractivity contribution in [2.24, 2.45) is 0 Å². The lowest BCUT2D eigenvalue weighted by Gasteiger charge is -2.04. The molecule has 14 heavy (non-hydrogen) atoms. The Kier molecular flexibility index (Phi) is 3.48. The third-order valence-electron chi connectivity index (χ3n) is 2.38. The number of allylic oxidation sites excluding steroid dienone is 2. The van der Waals surface area contributed by atoms with Gasteiger partial charge in [-0.15, -0.1) is 0 Å². The second kappa shape index (κ2) is 4.62. The number of rotatable bonds is 2. The Morgan fingerprint density at radius 1 is 1.29 bits per heavy atom. The average molecular weight is 185 g/mol. The van der Waals surface area contributed by atoms with Crippen molar-refractivity contribution in [2.75, 3.05) is 0 Å². The fourth-order valence-electron chi connectivity index (χ4n) is 1.23. The van der Waals surface area contributed by atoms with Crippen LogP contribution >= 0.6 is 0 Å².